The van der Waals surface area contributed by atoms with Crippen molar-refractivity contribution in [3.05, 3.63) is 194 Å². The molecule has 1 nitrogen and oxygen atoms in total. The van der Waals surface area contributed by atoms with Crippen molar-refractivity contribution < 1.29 is 4.42 Å². The van der Waals surface area contributed by atoms with Crippen LogP contribution in [0.3, 0.4) is 0 Å². The van der Waals surface area contributed by atoms with Gasteiger partial charge in [0.05, 0.1) is 0 Å². The van der Waals surface area contributed by atoms with E-state index in [0.717, 1.165) is 27.3 Å². The minimum atomic E-state index is 0.949. The highest BCUT2D eigenvalue weighted by Crippen LogP contribution is 2.48. The maximum Gasteiger partial charge on any atom is 0.143 e. The molecule has 254 valence electrons. The molecule has 0 spiro atoms. The first-order valence-electron chi connectivity index (χ1n) is 19.0. The molecule has 0 N–H and O–H groups in total. The third-order valence-electron chi connectivity index (χ3n) is 11.8. The van der Waals surface area contributed by atoms with Crippen molar-refractivity contribution in [2.45, 2.75) is 0 Å². The van der Waals surface area contributed by atoms with Crippen molar-refractivity contribution in [2.24, 2.45) is 0 Å². The Labute approximate surface area is 317 Å². The predicted molar refractivity (Wildman–Crippen MR) is 235 cm³/mol. The molecule has 0 fully saturated rings. The zero-order valence-electron chi connectivity index (χ0n) is 29.9. The Morgan fingerprint density at radius 2 is 0.782 bits per heavy atom. The van der Waals surface area contributed by atoms with Gasteiger partial charge in [-0.25, -0.2) is 0 Å². The van der Waals surface area contributed by atoms with Crippen molar-refractivity contribution in [2.75, 3.05) is 0 Å². The van der Waals surface area contributed by atoms with E-state index in [0.29, 0.717) is 0 Å². The Kier molecular flexibility index (Phi) is 6.40. The van der Waals surface area contributed by atoms with Crippen molar-refractivity contribution in [1.29, 1.82) is 0 Å². The Balaban J connectivity index is 1.12. The lowest BCUT2D eigenvalue weighted by molar-refractivity contribution is 0.676. The highest BCUT2D eigenvalue weighted by molar-refractivity contribution is 6.32. The van der Waals surface area contributed by atoms with Crippen LogP contribution in [-0.2, 0) is 0 Å². The molecule has 0 unspecified atom stereocenters. The van der Waals surface area contributed by atoms with Crippen LogP contribution in [0.25, 0.3) is 120 Å². The van der Waals surface area contributed by atoms with Crippen LogP contribution >= 0.6 is 0 Å². The first-order valence-corrected chi connectivity index (χ1v) is 19.0. The minimum absolute atomic E-state index is 0.949. The van der Waals surface area contributed by atoms with Crippen molar-refractivity contribution >= 4 is 86.6 Å². The van der Waals surface area contributed by atoms with E-state index >= 15 is 0 Å². The van der Waals surface area contributed by atoms with Gasteiger partial charge in [-0.3, -0.25) is 0 Å². The molecule has 0 aliphatic carbocycles. The first kappa shape index (κ1) is 30.3. The van der Waals surface area contributed by atoms with Gasteiger partial charge in [0.1, 0.15) is 11.2 Å². The molecule has 11 aromatic carbocycles. The van der Waals surface area contributed by atoms with Gasteiger partial charge in [0.15, 0.2) is 0 Å². The SMILES string of the molecule is c1ccc(-c2c3ccccc3c(-c3ccc(-c4ccc5c(c4)c4ccccc4c4c6ccc7ccccc7c6oc54)c4ccccc34)c3ccccc23)cc1. The van der Waals surface area contributed by atoms with Crippen molar-refractivity contribution in [3.8, 4) is 33.4 Å². The lowest BCUT2D eigenvalue weighted by Crippen LogP contribution is -1.92. The van der Waals surface area contributed by atoms with Gasteiger partial charge in [0.2, 0.25) is 0 Å². The molecule has 0 saturated carbocycles. The number of rotatable bonds is 3. The van der Waals surface area contributed by atoms with Crippen LogP contribution in [0.5, 0.6) is 0 Å². The number of hydrogen-bond donors (Lipinski definition) is 0. The Morgan fingerprint density at radius 1 is 0.255 bits per heavy atom. The molecule has 55 heavy (non-hydrogen) atoms. The molecule has 1 aromatic heterocycles. The van der Waals surface area contributed by atoms with E-state index in [4.69, 9.17) is 4.42 Å². The number of furan rings is 1. The van der Waals surface area contributed by atoms with Crippen LogP contribution in [0.15, 0.2) is 199 Å². The average Bonchev–Trinajstić information content (AvgIpc) is 3.66. The summed E-state index contributed by atoms with van der Waals surface area (Å²) in [5, 5.41) is 17.0. The lowest BCUT2D eigenvalue weighted by atomic mass is 9.83. The second-order valence-electron chi connectivity index (χ2n) is 14.7. The van der Waals surface area contributed by atoms with Crippen molar-refractivity contribution in [1.82, 2.24) is 0 Å². The average molecular weight is 697 g/mol. The third-order valence-corrected chi connectivity index (χ3v) is 11.8. The number of benzene rings is 11. The van der Waals surface area contributed by atoms with Gasteiger partial charge in [-0.05, 0) is 105 Å². The summed E-state index contributed by atoms with van der Waals surface area (Å²) in [4.78, 5) is 0. The quantitative estimate of drug-likeness (QED) is 0.132. The summed E-state index contributed by atoms with van der Waals surface area (Å²) in [6.07, 6.45) is 0. The first-order chi connectivity index (χ1) is 27.3. The molecule has 0 aliphatic heterocycles. The monoisotopic (exact) mass is 696 g/mol. The van der Waals surface area contributed by atoms with Gasteiger partial charge >= 0.3 is 0 Å². The molecule has 12 aromatic rings. The zero-order valence-corrected chi connectivity index (χ0v) is 29.9. The van der Waals surface area contributed by atoms with E-state index in [-0.39, 0.29) is 0 Å². The van der Waals surface area contributed by atoms with Crippen LogP contribution < -0.4 is 0 Å². The highest BCUT2D eigenvalue weighted by Gasteiger charge is 2.21. The predicted octanol–water partition coefficient (Wildman–Crippen LogP) is 15.5. The molecular weight excluding hydrogens is 665 g/mol. The smallest absolute Gasteiger partial charge is 0.143 e. The van der Waals surface area contributed by atoms with Crippen LogP contribution in [0, 0.1) is 0 Å². The molecule has 1 heterocycles. The van der Waals surface area contributed by atoms with E-state index in [1.165, 1.54) is 92.6 Å². The van der Waals surface area contributed by atoms with Gasteiger partial charge in [-0.2, -0.15) is 0 Å². The third kappa shape index (κ3) is 4.35. The molecule has 0 saturated heterocycles. The lowest BCUT2D eigenvalue weighted by Gasteiger charge is -2.19. The fraction of sp³-hybridized carbons (Fsp3) is 0. The van der Waals surface area contributed by atoms with Crippen LogP contribution in [0.4, 0.5) is 0 Å². The minimum Gasteiger partial charge on any atom is -0.455 e. The summed E-state index contributed by atoms with van der Waals surface area (Å²) in [5.41, 5.74) is 9.35. The molecule has 0 atom stereocenters. The van der Waals surface area contributed by atoms with E-state index in [1.54, 1.807) is 0 Å². The fourth-order valence-corrected chi connectivity index (χ4v) is 9.45. The largest absolute Gasteiger partial charge is 0.455 e. The standard InChI is InChI=1S/C54H32O/c1-2-15-34(16-3-1)50-42-22-10-12-24-44(42)51(45-25-13-11-23-43(45)50)46-31-30-36(38-18-6-7-19-39(38)46)35-27-28-47-49(32-35)40-20-8-9-21-41(40)52-48-29-26-33-14-4-5-17-37(33)53(48)55-54(47)52/h1-32H. The zero-order chi connectivity index (χ0) is 36.0. The van der Waals surface area contributed by atoms with Gasteiger partial charge < -0.3 is 4.42 Å². The van der Waals surface area contributed by atoms with Crippen LogP contribution in [0.1, 0.15) is 0 Å². The summed E-state index contributed by atoms with van der Waals surface area (Å²) in [6, 6.07) is 70.9. The molecule has 0 aliphatic rings. The normalized spacial score (nSPS) is 12.0. The van der Waals surface area contributed by atoms with Crippen LogP contribution in [-0.4, -0.2) is 0 Å². The highest BCUT2D eigenvalue weighted by atomic mass is 16.3. The van der Waals surface area contributed by atoms with E-state index in [2.05, 4.69) is 194 Å². The summed E-state index contributed by atoms with van der Waals surface area (Å²) < 4.78 is 6.87. The second-order valence-corrected chi connectivity index (χ2v) is 14.7. The molecule has 1 heteroatoms. The van der Waals surface area contributed by atoms with E-state index in [9.17, 15) is 0 Å². The van der Waals surface area contributed by atoms with Crippen LogP contribution in [0.2, 0.25) is 0 Å². The summed E-state index contributed by atoms with van der Waals surface area (Å²) >= 11 is 0. The second kappa shape index (κ2) is 11.6. The van der Waals surface area contributed by atoms with Gasteiger partial charge in [-0.1, -0.05) is 176 Å². The molecular formula is C54H32O. The Morgan fingerprint density at radius 3 is 1.49 bits per heavy atom. The number of fused-ring (bicyclic) bond motifs is 13. The molecule has 12 rings (SSSR count). The van der Waals surface area contributed by atoms with Gasteiger partial charge in [0.25, 0.3) is 0 Å². The van der Waals surface area contributed by atoms with Gasteiger partial charge in [0, 0.05) is 21.5 Å². The fourth-order valence-electron chi connectivity index (χ4n) is 9.45. The molecule has 0 amide bonds. The van der Waals surface area contributed by atoms with E-state index < -0.39 is 0 Å². The number of hydrogen-bond acceptors (Lipinski definition) is 1. The maximum atomic E-state index is 6.87. The summed E-state index contributed by atoms with van der Waals surface area (Å²) in [5.74, 6) is 0. The Bertz CT molecular complexity index is 3480. The Hall–Kier alpha value is -7.22. The molecule has 0 bridgehead atoms. The van der Waals surface area contributed by atoms with Gasteiger partial charge in [-0.15, -0.1) is 0 Å². The summed E-state index contributed by atoms with van der Waals surface area (Å²) in [7, 11) is 0. The molecule has 0 radical (unpaired) electrons. The summed E-state index contributed by atoms with van der Waals surface area (Å²) in [6.45, 7) is 0. The van der Waals surface area contributed by atoms with E-state index in [1.807, 2.05) is 0 Å². The topological polar surface area (TPSA) is 13.1 Å². The van der Waals surface area contributed by atoms with Crippen molar-refractivity contribution in [3.63, 3.8) is 0 Å². The maximum absolute atomic E-state index is 6.87.